The van der Waals surface area contributed by atoms with E-state index in [4.69, 9.17) is 33.7 Å². The van der Waals surface area contributed by atoms with Crippen LogP contribution in [0.2, 0.25) is 10.0 Å². The molecule has 0 amide bonds. The molecule has 0 bridgehead atoms. The van der Waals surface area contributed by atoms with Gasteiger partial charge >= 0.3 is 0 Å². The van der Waals surface area contributed by atoms with Crippen molar-refractivity contribution in [2.24, 2.45) is 16.6 Å². The number of guanidine groups is 1. The number of rotatable bonds is 6. The Morgan fingerprint density at radius 3 is 2.90 bits per heavy atom. The average Bonchev–Trinajstić information content (AvgIpc) is 3.16. The smallest absolute Gasteiger partial charge is 0.188 e. The summed E-state index contributed by atoms with van der Waals surface area (Å²) in [4.78, 5) is 4.34. The minimum Gasteiger partial charge on any atom is -0.383 e. The highest BCUT2D eigenvalue weighted by molar-refractivity contribution is 14.0. The van der Waals surface area contributed by atoms with Crippen LogP contribution in [0.3, 0.4) is 0 Å². The molecular formula is C14H20Cl2IN3O. The number of hydrogen-bond acceptors (Lipinski definition) is 2. The highest BCUT2D eigenvalue weighted by Gasteiger charge is 2.39. The lowest BCUT2D eigenvalue weighted by atomic mass is 10.1. The van der Waals surface area contributed by atoms with Crippen molar-refractivity contribution < 1.29 is 4.74 Å². The second-order valence-corrected chi connectivity index (χ2v) is 5.76. The van der Waals surface area contributed by atoms with Gasteiger partial charge < -0.3 is 15.8 Å². The van der Waals surface area contributed by atoms with Gasteiger partial charge in [-0.3, -0.25) is 4.99 Å². The summed E-state index contributed by atoms with van der Waals surface area (Å²) in [5.41, 5.74) is 6.92. The molecule has 0 aliphatic heterocycles. The first-order valence-electron chi connectivity index (χ1n) is 6.59. The predicted molar refractivity (Wildman–Crippen MR) is 99.1 cm³/mol. The van der Waals surface area contributed by atoms with Gasteiger partial charge in [0.2, 0.25) is 0 Å². The van der Waals surface area contributed by atoms with Crippen molar-refractivity contribution in [1.82, 2.24) is 5.32 Å². The zero-order valence-electron chi connectivity index (χ0n) is 11.8. The molecule has 2 unspecified atom stereocenters. The third-order valence-electron chi connectivity index (χ3n) is 3.39. The molecule has 1 aromatic rings. The predicted octanol–water partition coefficient (Wildman–Crippen LogP) is 3.27. The number of aliphatic imine (C=N–C) groups is 1. The van der Waals surface area contributed by atoms with Crippen LogP contribution in [-0.4, -0.2) is 32.8 Å². The van der Waals surface area contributed by atoms with E-state index in [0.717, 1.165) is 23.6 Å². The van der Waals surface area contributed by atoms with Crippen LogP contribution < -0.4 is 11.1 Å². The molecule has 0 spiro atoms. The topological polar surface area (TPSA) is 59.6 Å². The first kappa shape index (κ1) is 18.8. The van der Waals surface area contributed by atoms with Crippen molar-refractivity contribution in [2.75, 3.05) is 26.8 Å². The van der Waals surface area contributed by atoms with Crippen LogP contribution in [0.25, 0.3) is 0 Å². The highest BCUT2D eigenvalue weighted by atomic mass is 127. The molecule has 4 nitrogen and oxygen atoms in total. The van der Waals surface area contributed by atoms with Gasteiger partial charge in [-0.1, -0.05) is 29.3 Å². The van der Waals surface area contributed by atoms with Crippen LogP contribution in [0.15, 0.2) is 23.2 Å². The number of hydrogen-bond donors (Lipinski definition) is 2. The van der Waals surface area contributed by atoms with Crippen molar-refractivity contribution in [2.45, 2.75) is 12.3 Å². The molecule has 0 radical (unpaired) electrons. The number of benzene rings is 1. The number of nitrogens with two attached hydrogens (primary N) is 1. The van der Waals surface area contributed by atoms with Gasteiger partial charge in [0.15, 0.2) is 5.96 Å². The maximum absolute atomic E-state index is 6.21. The lowest BCUT2D eigenvalue weighted by molar-refractivity contribution is 0.204. The number of nitrogens with zero attached hydrogens (tertiary/aromatic N) is 1. The molecule has 7 heteroatoms. The number of ether oxygens (including phenoxy) is 1. The van der Waals surface area contributed by atoms with Crippen molar-refractivity contribution in [3.63, 3.8) is 0 Å². The van der Waals surface area contributed by atoms with Crippen molar-refractivity contribution in [3.8, 4) is 0 Å². The number of nitrogens with one attached hydrogen (secondary N) is 1. The van der Waals surface area contributed by atoms with E-state index in [0.29, 0.717) is 36.0 Å². The van der Waals surface area contributed by atoms with Gasteiger partial charge in [-0.25, -0.2) is 0 Å². The first-order valence-corrected chi connectivity index (χ1v) is 7.35. The minimum absolute atomic E-state index is 0. The van der Waals surface area contributed by atoms with Crippen molar-refractivity contribution >= 4 is 53.1 Å². The Labute approximate surface area is 152 Å². The summed E-state index contributed by atoms with van der Waals surface area (Å²) < 4.78 is 4.93. The second kappa shape index (κ2) is 9.02. The summed E-state index contributed by atoms with van der Waals surface area (Å²) in [5.74, 6) is 1.45. The first-order chi connectivity index (χ1) is 9.61. The molecule has 1 aliphatic rings. The van der Waals surface area contributed by atoms with Gasteiger partial charge in [-0.15, -0.1) is 24.0 Å². The fourth-order valence-corrected chi connectivity index (χ4v) is 2.73. The molecule has 0 aromatic heterocycles. The Hall–Kier alpha value is -0.240. The fraction of sp³-hybridized carbons (Fsp3) is 0.500. The Morgan fingerprint density at radius 2 is 2.24 bits per heavy atom. The van der Waals surface area contributed by atoms with E-state index in [1.165, 1.54) is 0 Å². The van der Waals surface area contributed by atoms with Crippen LogP contribution in [-0.2, 0) is 4.74 Å². The number of methoxy groups -OCH3 is 1. The van der Waals surface area contributed by atoms with Crippen LogP contribution in [0.1, 0.15) is 17.9 Å². The second-order valence-electron chi connectivity index (χ2n) is 4.91. The van der Waals surface area contributed by atoms with E-state index in [9.17, 15) is 0 Å². The molecule has 3 N–H and O–H groups in total. The van der Waals surface area contributed by atoms with Crippen LogP contribution in [0, 0.1) is 5.92 Å². The molecule has 0 saturated heterocycles. The summed E-state index contributed by atoms with van der Waals surface area (Å²) in [7, 11) is 1.65. The zero-order valence-corrected chi connectivity index (χ0v) is 15.7. The Kier molecular flexibility index (Phi) is 8.08. The molecule has 1 saturated carbocycles. The third-order valence-corrected chi connectivity index (χ3v) is 3.96. The van der Waals surface area contributed by atoms with Gasteiger partial charge in [-0.05, 0) is 36.0 Å². The van der Waals surface area contributed by atoms with Gasteiger partial charge in [0.1, 0.15) is 0 Å². The summed E-state index contributed by atoms with van der Waals surface area (Å²) in [5, 5.41) is 4.40. The molecular weight excluding hydrogens is 424 g/mol. The van der Waals surface area contributed by atoms with E-state index in [1.807, 2.05) is 12.1 Å². The minimum atomic E-state index is 0. The molecule has 1 fully saturated rings. The van der Waals surface area contributed by atoms with Crippen LogP contribution in [0.5, 0.6) is 0 Å². The summed E-state index contributed by atoms with van der Waals surface area (Å²) in [6, 6.07) is 5.67. The van der Waals surface area contributed by atoms with E-state index in [2.05, 4.69) is 10.3 Å². The molecule has 2 atom stereocenters. The molecule has 118 valence electrons. The maximum atomic E-state index is 6.21. The standard InChI is InChI=1S/C14H19Cl2N3O.HI/c1-20-5-4-18-14(17)19-8-9-6-12(9)11-3-2-10(15)7-13(11)16;/h2-3,7,9,12H,4-6,8H2,1H3,(H3,17,18,19);1H. The van der Waals surface area contributed by atoms with Gasteiger partial charge in [0.05, 0.1) is 6.61 Å². The Bertz CT molecular complexity index is 499. The van der Waals surface area contributed by atoms with E-state index in [-0.39, 0.29) is 24.0 Å². The molecule has 1 aliphatic carbocycles. The van der Waals surface area contributed by atoms with E-state index < -0.39 is 0 Å². The summed E-state index contributed by atoms with van der Waals surface area (Å²) in [6.45, 7) is 2.00. The highest BCUT2D eigenvalue weighted by Crippen LogP contribution is 2.49. The lowest BCUT2D eigenvalue weighted by Crippen LogP contribution is -2.34. The van der Waals surface area contributed by atoms with Gasteiger partial charge in [0.25, 0.3) is 0 Å². The molecule has 21 heavy (non-hydrogen) atoms. The van der Waals surface area contributed by atoms with Crippen molar-refractivity contribution in [3.05, 3.63) is 33.8 Å². The fourth-order valence-electron chi connectivity index (χ4n) is 2.19. The van der Waals surface area contributed by atoms with Gasteiger partial charge in [0, 0.05) is 30.2 Å². The quantitative estimate of drug-likeness (QED) is 0.307. The van der Waals surface area contributed by atoms with Crippen molar-refractivity contribution in [1.29, 1.82) is 0 Å². The SMILES string of the molecule is COCCNC(N)=NCC1CC1c1ccc(Cl)cc1Cl.I. The Balaban J connectivity index is 0.00000220. The molecule has 2 rings (SSSR count). The monoisotopic (exact) mass is 443 g/mol. The third kappa shape index (κ3) is 5.81. The maximum Gasteiger partial charge on any atom is 0.188 e. The summed E-state index contributed by atoms with van der Waals surface area (Å²) >= 11 is 12.1. The van der Waals surface area contributed by atoms with Crippen LogP contribution in [0.4, 0.5) is 0 Å². The normalized spacial score (nSPS) is 20.8. The molecule has 1 aromatic carbocycles. The Morgan fingerprint density at radius 1 is 1.48 bits per heavy atom. The van der Waals surface area contributed by atoms with E-state index >= 15 is 0 Å². The number of halogens is 3. The van der Waals surface area contributed by atoms with E-state index in [1.54, 1.807) is 13.2 Å². The average molecular weight is 444 g/mol. The van der Waals surface area contributed by atoms with Gasteiger partial charge in [-0.2, -0.15) is 0 Å². The summed E-state index contributed by atoms with van der Waals surface area (Å²) in [6.07, 6.45) is 1.09. The van der Waals surface area contributed by atoms with Crippen LogP contribution >= 0.6 is 47.2 Å². The lowest BCUT2D eigenvalue weighted by Gasteiger charge is -2.05. The largest absolute Gasteiger partial charge is 0.383 e. The zero-order chi connectivity index (χ0) is 14.5. The molecule has 0 heterocycles.